The van der Waals surface area contributed by atoms with Gasteiger partial charge in [-0.25, -0.2) is 4.72 Å². The maximum absolute atomic E-state index is 12.2. The van der Waals surface area contributed by atoms with Crippen LogP contribution in [0.4, 0.5) is 0 Å². The van der Waals surface area contributed by atoms with Crippen LogP contribution in [0.3, 0.4) is 0 Å². The molecule has 1 saturated heterocycles. The second kappa shape index (κ2) is 8.94. The van der Waals surface area contributed by atoms with Crippen LogP contribution in [-0.4, -0.2) is 71.0 Å². The van der Waals surface area contributed by atoms with Crippen LogP contribution in [0.1, 0.15) is 26.2 Å². The molecule has 1 aliphatic rings. The van der Waals surface area contributed by atoms with E-state index in [-0.39, 0.29) is 0 Å². The van der Waals surface area contributed by atoms with Gasteiger partial charge in [0.25, 0.3) is 10.2 Å². The van der Waals surface area contributed by atoms with E-state index in [9.17, 15) is 8.42 Å². The molecule has 1 unspecified atom stereocenters. The van der Waals surface area contributed by atoms with Gasteiger partial charge in [-0.15, -0.1) is 0 Å². The number of hydrogen-bond donors (Lipinski definition) is 2. The predicted octanol–water partition coefficient (Wildman–Crippen LogP) is 0.0940. The molecule has 7 heteroatoms. The molecule has 0 bridgehead atoms. The molecule has 0 aliphatic carbocycles. The fourth-order valence-electron chi connectivity index (χ4n) is 2.45. The van der Waals surface area contributed by atoms with E-state index in [2.05, 4.69) is 21.9 Å². The number of nitrogens with one attached hydrogen (secondary N) is 2. The molecule has 0 spiro atoms. The van der Waals surface area contributed by atoms with Crippen molar-refractivity contribution in [2.24, 2.45) is 5.92 Å². The molecule has 1 rings (SSSR count). The highest BCUT2D eigenvalue weighted by Crippen LogP contribution is 2.17. The standard InChI is InChI=1S/C13H30N4O2S/c1-4-14-11-13-7-5-10-17(12-13)20(18,19)15-8-6-9-16(2)3/h13-15H,4-12H2,1-3H3. The van der Waals surface area contributed by atoms with Crippen molar-refractivity contribution < 1.29 is 8.42 Å². The first-order chi connectivity index (χ1) is 9.45. The molecule has 1 atom stereocenters. The van der Waals surface area contributed by atoms with E-state index in [1.165, 1.54) is 0 Å². The van der Waals surface area contributed by atoms with E-state index in [0.717, 1.165) is 38.9 Å². The monoisotopic (exact) mass is 306 g/mol. The summed E-state index contributed by atoms with van der Waals surface area (Å²) in [6, 6.07) is 0. The molecule has 0 aromatic carbocycles. The first-order valence-electron chi connectivity index (χ1n) is 7.56. The van der Waals surface area contributed by atoms with Crippen LogP contribution in [0, 0.1) is 5.92 Å². The minimum Gasteiger partial charge on any atom is -0.317 e. The third kappa shape index (κ3) is 6.49. The lowest BCUT2D eigenvalue weighted by Gasteiger charge is -2.32. The van der Waals surface area contributed by atoms with Crippen molar-refractivity contribution >= 4 is 10.2 Å². The lowest BCUT2D eigenvalue weighted by molar-refractivity contribution is 0.258. The minimum absolute atomic E-state index is 0.432. The molecule has 0 aromatic rings. The molecule has 1 fully saturated rings. The van der Waals surface area contributed by atoms with Gasteiger partial charge in [-0.2, -0.15) is 12.7 Å². The Bertz CT molecular complexity index is 359. The molecular weight excluding hydrogens is 276 g/mol. The lowest BCUT2D eigenvalue weighted by Crippen LogP contribution is -2.48. The molecule has 6 nitrogen and oxygen atoms in total. The van der Waals surface area contributed by atoms with Gasteiger partial charge in [-0.05, 0) is 58.9 Å². The molecule has 120 valence electrons. The van der Waals surface area contributed by atoms with Crippen LogP contribution in [0.5, 0.6) is 0 Å². The van der Waals surface area contributed by atoms with Crippen LogP contribution in [0.2, 0.25) is 0 Å². The molecule has 2 N–H and O–H groups in total. The van der Waals surface area contributed by atoms with Crippen molar-refractivity contribution in [1.29, 1.82) is 0 Å². The summed E-state index contributed by atoms with van der Waals surface area (Å²) in [6.07, 6.45) is 2.90. The van der Waals surface area contributed by atoms with E-state index in [1.54, 1.807) is 4.31 Å². The number of rotatable bonds is 9. The van der Waals surface area contributed by atoms with E-state index in [0.29, 0.717) is 25.6 Å². The van der Waals surface area contributed by atoms with Gasteiger partial charge in [0, 0.05) is 19.6 Å². The molecular formula is C13H30N4O2S. The summed E-state index contributed by atoms with van der Waals surface area (Å²) >= 11 is 0. The Morgan fingerprint density at radius 2 is 2.10 bits per heavy atom. The minimum atomic E-state index is -3.30. The van der Waals surface area contributed by atoms with Crippen LogP contribution in [-0.2, 0) is 10.2 Å². The summed E-state index contributed by atoms with van der Waals surface area (Å²) < 4.78 is 28.8. The highest BCUT2D eigenvalue weighted by atomic mass is 32.2. The molecule has 20 heavy (non-hydrogen) atoms. The number of hydrogen-bond acceptors (Lipinski definition) is 4. The van der Waals surface area contributed by atoms with Gasteiger partial charge in [0.1, 0.15) is 0 Å². The van der Waals surface area contributed by atoms with Crippen molar-refractivity contribution in [2.45, 2.75) is 26.2 Å². The average Bonchev–Trinajstić information content (AvgIpc) is 2.41. The second-order valence-electron chi connectivity index (χ2n) is 5.73. The normalized spacial score (nSPS) is 21.5. The smallest absolute Gasteiger partial charge is 0.279 e. The zero-order chi connectivity index (χ0) is 15.0. The Hall–Kier alpha value is -0.210. The molecule has 1 heterocycles. The van der Waals surface area contributed by atoms with Crippen molar-refractivity contribution in [1.82, 2.24) is 19.2 Å². The summed E-state index contributed by atoms with van der Waals surface area (Å²) in [7, 11) is 0.679. The average molecular weight is 306 g/mol. The van der Waals surface area contributed by atoms with Gasteiger partial charge >= 0.3 is 0 Å². The van der Waals surface area contributed by atoms with Crippen molar-refractivity contribution in [2.75, 3.05) is 53.4 Å². The third-order valence-electron chi connectivity index (χ3n) is 3.57. The number of nitrogens with zero attached hydrogens (tertiary/aromatic N) is 2. The zero-order valence-electron chi connectivity index (χ0n) is 13.1. The van der Waals surface area contributed by atoms with Crippen molar-refractivity contribution in [3.8, 4) is 0 Å². The lowest BCUT2D eigenvalue weighted by atomic mass is 10.00. The first-order valence-corrected chi connectivity index (χ1v) is 9.00. The van der Waals surface area contributed by atoms with E-state index >= 15 is 0 Å². The quantitative estimate of drug-likeness (QED) is 0.593. The third-order valence-corrected chi connectivity index (χ3v) is 5.15. The zero-order valence-corrected chi connectivity index (χ0v) is 13.9. The van der Waals surface area contributed by atoms with Gasteiger partial charge in [0.15, 0.2) is 0 Å². The van der Waals surface area contributed by atoms with Crippen LogP contribution in [0.25, 0.3) is 0 Å². The summed E-state index contributed by atoms with van der Waals surface area (Å²) in [5.41, 5.74) is 0. The Kier molecular flexibility index (Phi) is 7.98. The van der Waals surface area contributed by atoms with E-state index in [1.807, 2.05) is 14.1 Å². The summed E-state index contributed by atoms with van der Waals surface area (Å²) in [4.78, 5) is 2.06. The van der Waals surface area contributed by atoms with Gasteiger partial charge in [0.05, 0.1) is 0 Å². The number of piperidine rings is 1. The Labute approximate surface area is 124 Å². The molecule has 0 saturated carbocycles. The second-order valence-corrected chi connectivity index (χ2v) is 7.49. The van der Waals surface area contributed by atoms with E-state index in [4.69, 9.17) is 0 Å². The molecule has 0 aromatic heterocycles. The summed E-state index contributed by atoms with van der Waals surface area (Å²) in [5.74, 6) is 0.432. The topological polar surface area (TPSA) is 64.7 Å². The Balaban J connectivity index is 2.37. The van der Waals surface area contributed by atoms with Gasteiger partial charge in [0.2, 0.25) is 0 Å². The SMILES string of the molecule is CCNCC1CCCN(S(=O)(=O)NCCCN(C)C)C1. The highest BCUT2D eigenvalue weighted by Gasteiger charge is 2.28. The molecule has 0 radical (unpaired) electrons. The maximum Gasteiger partial charge on any atom is 0.279 e. The molecule has 0 amide bonds. The van der Waals surface area contributed by atoms with Crippen LogP contribution < -0.4 is 10.0 Å². The van der Waals surface area contributed by atoms with E-state index < -0.39 is 10.2 Å². The Morgan fingerprint density at radius 1 is 1.35 bits per heavy atom. The highest BCUT2D eigenvalue weighted by molar-refractivity contribution is 7.87. The Morgan fingerprint density at radius 3 is 2.75 bits per heavy atom. The van der Waals surface area contributed by atoms with Gasteiger partial charge in [-0.1, -0.05) is 6.92 Å². The van der Waals surface area contributed by atoms with Crippen molar-refractivity contribution in [3.63, 3.8) is 0 Å². The summed E-state index contributed by atoms with van der Waals surface area (Å²) in [5, 5.41) is 3.31. The van der Waals surface area contributed by atoms with Gasteiger partial charge in [-0.3, -0.25) is 0 Å². The van der Waals surface area contributed by atoms with Crippen LogP contribution in [0.15, 0.2) is 0 Å². The first kappa shape index (κ1) is 17.8. The largest absolute Gasteiger partial charge is 0.317 e. The van der Waals surface area contributed by atoms with Gasteiger partial charge < -0.3 is 10.2 Å². The fourth-order valence-corrected chi connectivity index (χ4v) is 3.81. The summed E-state index contributed by atoms with van der Waals surface area (Å²) in [6.45, 7) is 6.60. The van der Waals surface area contributed by atoms with Crippen LogP contribution >= 0.6 is 0 Å². The molecule has 1 aliphatic heterocycles. The predicted molar refractivity (Wildman–Crippen MR) is 82.9 cm³/mol. The maximum atomic E-state index is 12.2. The fraction of sp³-hybridized carbons (Fsp3) is 1.00. The van der Waals surface area contributed by atoms with Crippen molar-refractivity contribution in [3.05, 3.63) is 0 Å².